The molecule has 0 bridgehead atoms. The number of carboxylic acids is 1. The Hall–Kier alpha value is -0.870. The van der Waals surface area contributed by atoms with Gasteiger partial charge in [0.25, 0.3) is 0 Å². The van der Waals surface area contributed by atoms with Gasteiger partial charge in [0.15, 0.2) is 5.60 Å². The number of hydrogen-bond acceptors (Lipinski definition) is 3. The molecule has 0 saturated carbocycles. The minimum absolute atomic E-state index is 0.542. The summed E-state index contributed by atoms with van der Waals surface area (Å²) in [7, 11) is 0. The third kappa shape index (κ3) is 1.58. The Bertz CT molecular complexity index is 389. The van der Waals surface area contributed by atoms with Crippen LogP contribution >= 0.6 is 11.3 Å². The summed E-state index contributed by atoms with van der Waals surface area (Å²) in [5.41, 5.74) is -0.232. The molecule has 4 heteroatoms. The maximum Gasteiger partial charge on any atom is 0.340 e. The van der Waals surface area contributed by atoms with E-state index in [0.717, 1.165) is 21.7 Å². The zero-order valence-electron chi connectivity index (χ0n) is 8.87. The molecule has 1 saturated heterocycles. The van der Waals surface area contributed by atoms with E-state index in [1.807, 2.05) is 19.9 Å². The largest absolute Gasteiger partial charge is 0.479 e. The SMILES string of the molecule is Cc1cc(C2(C(=O)O)CCCO2)c(C)s1. The maximum absolute atomic E-state index is 11.4. The lowest BCUT2D eigenvalue weighted by atomic mass is 9.91. The summed E-state index contributed by atoms with van der Waals surface area (Å²) in [6, 6.07) is 1.94. The highest BCUT2D eigenvalue weighted by Crippen LogP contribution is 2.40. The molecule has 0 radical (unpaired) electrons. The van der Waals surface area contributed by atoms with Gasteiger partial charge in [-0.1, -0.05) is 0 Å². The first-order valence-electron chi connectivity index (χ1n) is 5.01. The van der Waals surface area contributed by atoms with E-state index in [-0.39, 0.29) is 0 Å². The van der Waals surface area contributed by atoms with Crippen LogP contribution in [-0.2, 0) is 15.1 Å². The van der Waals surface area contributed by atoms with E-state index < -0.39 is 11.6 Å². The van der Waals surface area contributed by atoms with Gasteiger partial charge in [-0.15, -0.1) is 11.3 Å². The van der Waals surface area contributed by atoms with Gasteiger partial charge in [-0.25, -0.2) is 4.79 Å². The summed E-state index contributed by atoms with van der Waals surface area (Å²) in [5, 5.41) is 9.33. The van der Waals surface area contributed by atoms with E-state index in [1.165, 1.54) is 0 Å². The average Bonchev–Trinajstić information content (AvgIpc) is 2.72. The van der Waals surface area contributed by atoms with Crippen molar-refractivity contribution >= 4 is 17.3 Å². The smallest absolute Gasteiger partial charge is 0.340 e. The van der Waals surface area contributed by atoms with E-state index in [0.29, 0.717) is 13.0 Å². The fraction of sp³-hybridized carbons (Fsp3) is 0.545. The van der Waals surface area contributed by atoms with Gasteiger partial charge in [0.2, 0.25) is 0 Å². The van der Waals surface area contributed by atoms with Gasteiger partial charge >= 0.3 is 5.97 Å². The van der Waals surface area contributed by atoms with E-state index in [9.17, 15) is 9.90 Å². The molecule has 1 atom stereocenters. The second kappa shape index (κ2) is 3.61. The Morgan fingerprint density at radius 3 is 2.73 bits per heavy atom. The van der Waals surface area contributed by atoms with Crippen molar-refractivity contribution in [2.24, 2.45) is 0 Å². The first-order valence-corrected chi connectivity index (χ1v) is 5.83. The average molecular weight is 226 g/mol. The van der Waals surface area contributed by atoms with Gasteiger partial charge in [-0.2, -0.15) is 0 Å². The Labute approximate surface area is 92.7 Å². The molecule has 1 aromatic heterocycles. The normalized spacial score (nSPS) is 25.7. The number of thiophene rings is 1. The highest BCUT2D eigenvalue weighted by atomic mass is 32.1. The van der Waals surface area contributed by atoms with Crippen molar-refractivity contribution in [1.82, 2.24) is 0 Å². The molecule has 1 fully saturated rings. The Morgan fingerprint density at radius 2 is 2.33 bits per heavy atom. The predicted octanol–water partition coefficient (Wildman–Crippen LogP) is 2.46. The number of hydrogen-bond donors (Lipinski definition) is 1. The summed E-state index contributed by atoms with van der Waals surface area (Å²) >= 11 is 1.63. The van der Waals surface area contributed by atoms with Crippen LogP contribution in [0, 0.1) is 13.8 Å². The monoisotopic (exact) mass is 226 g/mol. The fourth-order valence-corrected chi connectivity index (χ4v) is 3.16. The minimum atomic E-state index is -1.07. The van der Waals surface area contributed by atoms with Crippen LogP contribution in [0.1, 0.15) is 28.2 Å². The number of carbonyl (C=O) groups is 1. The lowest BCUT2D eigenvalue weighted by molar-refractivity contribution is -0.161. The Kier molecular flexibility index (Phi) is 2.56. The predicted molar refractivity (Wildman–Crippen MR) is 58.3 cm³/mol. The van der Waals surface area contributed by atoms with Crippen LogP contribution in [0.3, 0.4) is 0 Å². The molecule has 82 valence electrons. The zero-order chi connectivity index (χ0) is 11.1. The molecule has 2 heterocycles. The number of carboxylic acid groups (broad SMARTS) is 1. The number of aryl methyl sites for hydroxylation is 2. The molecule has 0 amide bonds. The fourth-order valence-electron chi connectivity index (χ4n) is 2.17. The van der Waals surface area contributed by atoms with Crippen LogP contribution in [0.4, 0.5) is 0 Å². The van der Waals surface area contributed by atoms with E-state index in [4.69, 9.17) is 4.74 Å². The molecule has 0 aromatic carbocycles. The maximum atomic E-state index is 11.4. The summed E-state index contributed by atoms with van der Waals surface area (Å²) in [4.78, 5) is 13.6. The third-order valence-electron chi connectivity index (χ3n) is 2.84. The van der Waals surface area contributed by atoms with Gasteiger partial charge in [0.05, 0.1) is 0 Å². The van der Waals surface area contributed by atoms with Crippen molar-refractivity contribution < 1.29 is 14.6 Å². The zero-order valence-corrected chi connectivity index (χ0v) is 9.69. The topological polar surface area (TPSA) is 46.5 Å². The van der Waals surface area contributed by atoms with Crippen LogP contribution in [0.2, 0.25) is 0 Å². The first kappa shape index (κ1) is 10.6. The van der Waals surface area contributed by atoms with Gasteiger partial charge in [0.1, 0.15) is 0 Å². The summed E-state index contributed by atoms with van der Waals surface area (Å²) in [6.45, 7) is 4.49. The molecule has 1 aliphatic rings. The summed E-state index contributed by atoms with van der Waals surface area (Å²) < 4.78 is 5.49. The van der Waals surface area contributed by atoms with Crippen molar-refractivity contribution in [2.75, 3.05) is 6.61 Å². The van der Waals surface area contributed by atoms with Gasteiger partial charge in [-0.05, 0) is 32.8 Å². The lowest BCUT2D eigenvalue weighted by Crippen LogP contribution is -2.35. The Balaban J connectivity index is 2.49. The highest BCUT2D eigenvalue weighted by Gasteiger charge is 2.46. The number of aliphatic carboxylic acids is 1. The van der Waals surface area contributed by atoms with Crippen molar-refractivity contribution in [2.45, 2.75) is 32.3 Å². The number of rotatable bonds is 2. The van der Waals surface area contributed by atoms with Crippen molar-refractivity contribution in [3.8, 4) is 0 Å². The molecule has 1 aromatic rings. The highest BCUT2D eigenvalue weighted by molar-refractivity contribution is 7.12. The van der Waals surface area contributed by atoms with Crippen molar-refractivity contribution in [3.05, 3.63) is 21.4 Å². The van der Waals surface area contributed by atoms with Crippen molar-refractivity contribution in [3.63, 3.8) is 0 Å². The molecule has 0 spiro atoms. The standard InChI is InChI=1S/C11H14O3S/c1-7-6-9(8(2)15-7)11(10(12)13)4-3-5-14-11/h6H,3-5H2,1-2H3,(H,12,13). The molecular formula is C11H14O3S. The second-order valence-corrected chi connectivity index (χ2v) is 5.37. The number of ether oxygens (including phenoxy) is 1. The molecule has 2 rings (SSSR count). The first-order chi connectivity index (χ1) is 7.06. The molecule has 0 aliphatic carbocycles. The van der Waals surface area contributed by atoms with E-state index in [1.54, 1.807) is 11.3 Å². The Morgan fingerprint density at radius 1 is 1.60 bits per heavy atom. The van der Waals surface area contributed by atoms with Crippen LogP contribution in [0.15, 0.2) is 6.07 Å². The summed E-state index contributed by atoms with van der Waals surface area (Å²) in [5.74, 6) is -0.860. The van der Waals surface area contributed by atoms with E-state index >= 15 is 0 Å². The quantitative estimate of drug-likeness (QED) is 0.842. The van der Waals surface area contributed by atoms with Gasteiger partial charge in [-0.3, -0.25) is 0 Å². The molecule has 1 aliphatic heterocycles. The van der Waals surface area contributed by atoms with Crippen LogP contribution < -0.4 is 0 Å². The van der Waals surface area contributed by atoms with Crippen LogP contribution in [0.5, 0.6) is 0 Å². The lowest BCUT2D eigenvalue weighted by Gasteiger charge is -2.23. The third-order valence-corrected chi connectivity index (χ3v) is 3.81. The second-order valence-electron chi connectivity index (χ2n) is 3.91. The van der Waals surface area contributed by atoms with Gasteiger partial charge < -0.3 is 9.84 Å². The molecule has 3 nitrogen and oxygen atoms in total. The minimum Gasteiger partial charge on any atom is -0.479 e. The molecule has 1 N–H and O–H groups in total. The van der Waals surface area contributed by atoms with Crippen molar-refractivity contribution in [1.29, 1.82) is 0 Å². The van der Waals surface area contributed by atoms with Crippen LogP contribution in [-0.4, -0.2) is 17.7 Å². The molecular weight excluding hydrogens is 212 g/mol. The van der Waals surface area contributed by atoms with E-state index in [2.05, 4.69) is 0 Å². The van der Waals surface area contributed by atoms with Crippen LogP contribution in [0.25, 0.3) is 0 Å². The summed E-state index contributed by atoms with van der Waals surface area (Å²) in [6.07, 6.45) is 1.40. The molecule has 1 unspecified atom stereocenters. The van der Waals surface area contributed by atoms with Gasteiger partial charge in [0, 0.05) is 21.9 Å². The molecule has 15 heavy (non-hydrogen) atoms.